The van der Waals surface area contributed by atoms with Gasteiger partial charge in [0.2, 0.25) is 0 Å². The summed E-state index contributed by atoms with van der Waals surface area (Å²) in [5.41, 5.74) is 7.04. The molecule has 17 heavy (non-hydrogen) atoms. The van der Waals surface area contributed by atoms with Gasteiger partial charge in [0.1, 0.15) is 0 Å². The summed E-state index contributed by atoms with van der Waals surface area (Å²) in [4.78, 5) is 14.1. The quantitative estimate of drug-likeness (QED) is 0.630. The third-order valence-electron chi connectivity index (χ3n) is 2.25. The first-order valence-corrected chi connectivity index (χ1v) is 6.22. The number of amides is 1. The molecule has 0 aliphatic rings. The number of benzene rings is 1. The van der Waals surface area contributed by atoms with E-state index in [-0.39, 0.29) is 17.8 Å². The van der Waals surface area contributed by atoms with Crippen molar-refractivity contribution in [3.05, 3.63) is 23.8 Å². The predicted octanol–water partition coefficient (Wildman–Crippen LogP) is 1.44. The molecule has 0 aliphatic heterocycles. The lowest BCUT2D eigenvalue weighted by molar-refractivity contribution is 0.0827. The fraction of sp³-hybridized carbons (Fsp3) is 0.417. The summed E-state index contributed by atoms with van der Waals surface area (Å²) in [5.74, 6) is -0.0662. The molecule has 5 heteroatoms. The van der Waals surface area contributed by atoms with Gasteiger partial charge in [0.15, 0.2) is 0 Å². The van der Waals surface area contributed by atoms with Gasteiger partial charge in [0, 0.05) is 35.5 Å². The van der Waals surface area contributed by atoms with E-state index in [1.54, 1.807) is 26.2 Å². The lowest BCUT2D eigenvalue weighted by Gasteiger charge is -2.13. The Morgan fingerprint density at radius 3 is 2.65 bits per heavy atom. The molecule has 1 atom stereocenters. The number of anilines is 1. The number of carbonyl (C=O) groups excluding carboxylic acids is 1. The smallest absolute Gasteiger partial charge is 0.253 e. The highest BCUT2D eigenvalue weighted by Gasteiger charge is 2.11. The van der Waals surface area contributed by atoms with Crippen LogP contribution in [-0.2, 0) is 0 Å². The van der Waals surface area contributed by atoms with Crippen molar-refractivity contribution >= 4 is 23.4 Å². The van der Waals surface area contributed by atoms with E-state index in [4.69, 9.17) is 10.8 Å². The van der Waals surface area contributed by atoms with E-state index in [0.29, 0.717) is 11.3 Å². The number of nitrogen functional groups attached to an aromatic ring is 1. The van der Waals surface area contributed by atoms with E-state index in [1.165, 1.54) is 16.7 Å². The van der Waals surface area contributed by atoms with Crippen LogP contribution in [0, 0.1) is 0 Å². The van der Waals surface area contributed by atoms with Crippen molar-refractivity contribution in [1.29, 1.82) is 0 Å². The molecule has 1 aromatic carbocycles. The summed E-state index contributed by atoms with van der Waals surface area (Å²) >= 11 is 1.50. The average molecular weight is 254 g/mol. The summed E-state index contributed by atoms with van der Waals surface area (Å²) in [6.45, 7) is 2.02. The van der Waals surface area contributed by atoms with Crippen LogP contribution in [0.25, 0.3) is 0 Å². The summed E-state index contributed by atoms with van der Waals surface area (Å²) in [5, 5.41) is 9.07. The molecular formula is C12H18N2O2S. The third-order valence-corrected chi connectivity index (χ3v) is 3.43. The van der Waals surface area contributed by atoms with E-state index < -0.39 is 0 Å². The Hall–Kier alpha value is -1.20. The highest BCUT2D eigenvalue weighted by Crippen LogP contribution is 2.29. The van der Waals surface area contributed by atoms with E-state index in [9.17, 15) is 4.79 Å². The highest BCUT2D eigenvalue weighted by molar-refractivity contribution is 8.00. The van der Waals surface area contributed by atoms with Crippen LogP contribution in [0.15, 0.2) is 23.1 Å². The zero-order chi connectivity index (χ0) is 13.0. The number of hydrogen-bond acceptors (Lipinski definition) is 4. The molecule has 4 nitrogen and oxygen atoms in total. The number of aliphatic hydroxyl groups excluding tert-OH is 1. The second-order valence-corrected chi connectivity index (χ2v) is 5.54. The maximum Gasteiger partial charge on any atom is 0.253 e. The number of rotatable bonds is 4. The minimum absolute atomic E-state index is 0.0662. The van der Waals surface area contributed by atoms with Gasteiger partial charge in [-0.3, -0.25) is 4.79 Å². The van der Waals surface area contributed by atoms with Crippen LogP contribution >= 0.6 is 11.8 Å². The number of hydrogen-bond donors (Lipinski definition) is 2. The fourth-order valence-corrected chi connectivity index (χ4v) is 2.15. The highest BCUT2D eigenvalue weighted by atomic mass is 32.2. The van der Waals surface area contributed by atoms with Crippen LogP contribution in [0.5, 0.6) is 0 Å². The summed E-state index contributed by atoms with van der Waals surface area (Å²) < 4.78 is 0. The molecule has 1 unspecified atom stereocenters. The normalized spacial score (nSPS) is 12.2. The number of nitrogens with two attached hydrogens (primary N) is 1. The van der Waals surface area contributed by atoms with Crippen LogP contribution < -0.4 is 5.73 Å². The number of thioether (sulfide) groups is 1. The SMILES string of the molecule is CC(CO)Sc1ccc(C(=O)N(C)C)cc1N. The molecule has 0 heterocycles. The van der Waals surface area contributed by atoms with E-state index in [1.807, 2.05) is 13.0 Å². The van der Waals surface area contributed by atoms with E-state index in [0.717, 1.165) is 4.90 Å². The summed E-state index contributed by atoms with van der Waals surface area (Å²) in [6.07, 6.45) is 0. The molecule has 3 N–H and O–H groups in total. The lowest BCUT2D eigenvalue weighted by atomic mass is 10.2. The van der Waals surface area contributed by atoms with Crippen LogP contribution in [-0.4, -0.2) is 41.9 Å². The van der Waals surface area contributed by atoms with Crippen molar-refractivity contribution in [1.82, 2.24) is 4.90 Å². The van der Waals surface area contributed by atoms with Gasteiger partial charge in [-0.25, -0.2) is 0 Å². The molecule has 0 saturated carbocycles. The molecule has 0 fully saturated rings. The Morgan fingerprint density at radius 1 is 1.53 bits per heavy atom. The molecular weight excluding hydrogens is 236 g/mol. The third kappa shape index (κ3) is 3.64. The standard InChI is InChI=1S/C12H18N2O2S/c1-8(7-15)17-11-5-4-9(6-10(11)13)12(16)14(2)3/h4-6,8,15H,7,13H2,1-3H3. The minimum atomic E-state index is -0.0662. The molecule has 0 bridgehead atoms. The summed E-state index contributed by atoms with van der Waals surface area (Å²) in [7, 11) is 3.41. The Bertz CT molecular complexity index is 407. The van der Waals surface area contributed by atoms with Gasteiger partial charge in [-0.15, -0.1) is 11.8 Å². The minimum Gasteiger partial charge on any atom is -0.398 e. The van der Waals surface area contributed by atoms with Gasteiger partial charge in [-0.2, -0.15) is 0 Å². The fourth-order valence-electron chi connectivity index (χ4n) is 1.30. The van der Waals surface area contributed by atoms with Gasteiger partial charge < -0.3 is 15.7 Å². The maximum absolute atomic E-state index is 11.7. The Balaban J connectivity index is 2.90. The largest absolute Gasteiger partial charge is 0.398 e. The molecule has 1 rings (SSSR count). The Kier molecular flexibility index (Phi) is 4.84. The second-order valence-electron chi connectivity index (χ2n) is 4.06. The van der Waals surface area contributed by atoms with Crippen molar-refractivity contribution in [2.75, 3.05) is 26.4 Å². The molecule has 1 aromatic rings. The van der Waals surface area contributed by atoms with Gasteiger partial charge in [0.25, 0.3) is 5.91 Å². The van der Waals surface area contributed by atoms with Crippen LogP contribution in [0.1, 0.15) is 17.3 Å². The van der Waals surface area contributed by atoms with Crippen molar-refractivity contribution in [2.45, 2.75) is 17.1 Å². The molecule has 1 amide bonds. The molecule has 0 radical (unpaired) electrons. The van der Waals surface area contributed by atoms with E-state index in [2.05, 4.69) is 0 Å². The van der Waals surface area contributed by atoms with Crippen LogP contribution in [0.3, 0.4) is 0 Å². The molecule has 0 saturated heterocycles. The maximum atomic E-state index is 11.7. The summed E-state index contributed by atoms with van der Waals surface area (Å²) in [6, 6.07) is 5.25. The van der Waals surface area contributed by atoms with Gasteiger partial charge >= 0.3 is 0 Å². The molecule has 0 spiro atoms. The first-order chi connectivity index (χ1) is 7.95. The number of carbonyl (C=O) groups is 1. The van der Waals surface area contributed by atoms with Crippen molar-refractivity contribution in [3.63, 3.8) is 0 Å². The van der Waals surface area contributed by atoms with Crippen LogP contribution in [0.2, 0.25) is 0 Å². The Morgan fingerprint density at radius 2 is 2.18 bits per heavy atom. The van der Waals surface area contributed by atoms with Gasteiger partial charge in [-0.05, 0) is 18.2 Å². The van der Waals surface area contributed by atoms with Gasteiger partial charge in [0.05, 0.1) is 6.61 Å². The lowest BCUT2D eigenvalue weighted by Crippen LogP contribution is -2.21. The first-order valence-electron chi connectivity index (χ1n) is 5.34. The van der Waals surface area contributed by atoms with Crippen LogP contribution in [0.4, 0.5) is 5.69 Å². The molecule has 0 aromatic heterocycles. The second kappa shape index (κ2) is 5.93. The Labute approximate surface area is 106 Å². The zero-order valence-corrected chi connectivity index (χ0v) is 11.1. The van der Waals surface area contributed by atoms with Crippen molar-refractivity contribution in [3.8, 4) is 0 Å². The average Bonchev–Trinajstić information content (AvgIpc) is 2.30. The van der Waals surface area contributed by atoms with Crippen molar-refractivity contribution in [2.24, 2.45) is 0 Å². The number of aliphatic hydroxyl groups is 1. The number of nitrogens with zero attached hydrogens (tertiary/aromatic N) is 1. The molecule has 0 aliphatic carbocycles. The molecule has 94 valence electrons. The predicted molar refractivity (Wildman–Crippen MR) is 71.3 cm³/mol. The zero-order valence-electron chi connectivity index (χ0n) is 10.3. The first kappa shape index (κ1) is 13.9. The van der Waals surface area contributed by atoms with Crippen molar-refractivity contribution < 1.29 is 9.90 Å². The monoisotopic (exact) mass is 254 g/mol. The van der Waals surface area contributed by atoms with E-state index >= 15 is 0 Å². The topological polar surface area (TPSA) is 66.6 Å². The van der Waals surface area contributed by atoms with Gasteiger partial charge in [-0.1, -0.05) is 6.92 Å².